The Hall–Kier alpha value is -0.770. The zero-order valence-electron chi connectivity index (χ0n) is 7.71. The van der Waals surface area contributed by atoms with Gasteiger partial charge in [0.25, 0.3) is 5.91 Å². The van der Waals surface area contributed by atoms with Crippen molar-refractivity contribution in [1.82, 2.24) is 4.90 Å². The molecular weight excluding hydrogens is 234 g/mol. The second-order valence-corrected chi connectivity index (χ2v) is 3.60. The van der Waals surface area contributed by atoms with Crippen molar-refractivity contribution in [3.63, 3.8) is 0 Å². The van der Waals surface area contributed by atoms with Crippen LogP contribution in [0, 0.1) is 6.92 Å². The molecule has 0 saturated heterocycles. The molecule has 1 heterocycles. The van der Waals surface area contributed by atoms with Crippen LogP contribution in [-0.4, -0.2) is 29.7 Å². The molecule has 0 spiro atoms. The first-order valence-corrected chi connectivity index (χ1v) is 5.14. The van der Waals surface area contributed by atoms with Gasteiger partial charge in [-0.25, -0.2) is 0 Å². The van der Waals surface area contributed by atoms with Crippen LogP contribution in [-0.2, 0) is 0 Å². The van der Waals surface area contributed by atoms with Gasteiger partial charge in [0.2, 0.25) is 0 Å². The van der Waals surface area contributed by atoms with Crippen LogP contribution in [0.1, 0.15) is 16.1 Å². The van der Waals surface area contributed by atoms with Crippen molar-refractivity contribution in [3.05, 3.63) is 23.7 Å². The molecule has 0 N–H and O–H groups in total. The number of hydrogen-bond acceptors (Lipinski definition) is 2. The van der Waals surface area contributed by atoms with E-state index in [9.17, 15) is 4.79 Å². The maximum atomic E-state index is 11.7. The third-order valence-electron chi connectivity index (χ3n) is 1.86. The van der Waals surface area contributed by atoms with Gasteiger partial charge in [-0.2, -0.15) is 0 Å². The minimum atomic E-state index is 0.00528. The minimum absolute atomic E-state index is 0.00528. The normalized spacial score (nSPS) is 10.1. The first-order valence-electron chi connectivity index (χ1n) is 4.02. The fourth-order valence-corrected chi connectivity index (χ4v) is 1.57. The topological polar surface area (TPSA) is 33.5 Å². The summed E-state index contributed by atoms with van der Waals surface area (Å²) in [6, 6.07) is 1.70. The van der Waals surface area contributed by atoms with Gasteiger partial charge in [0, 0.05) is 18.9 Å². The van der Waals surface area contributed by atoms with Crippen LogP contribution in [0.3, 0.4) is 0 Å². The van der Waals surface area contributed by atoms with E-state index in [4.69, 9.17) is 4.42 Å². The van der Waals surface area contributed by atoms with E-state index in [0.717, 1.165) is 5.33 Å². The first-order chi connectivity index (χ1) is 6.16. The number of nitrogens with zero attached hydrogens (tertiary/aromatic N) is 1. The van der Waals surface area contributed by atoms with Crippen molar-refractivity contribution < 1.29 is 9.21 Å². The van der Waals surface area contributed by atoms with Crippen LogP contribution in [0.25, 0.3) is 0 Å². The lowest BCUT2D eigenvalue weighted by molar-refractivity contribution is 0.0802. The molecule has 0 aliphatic heterocycles. The maximum Gasteiger partial charge on any atom is 0.257 e. The van der Waals surface area contributed by atoms with Gasteiger partial charge in [-0.1, -0.05) is 15.9 Å². The molecule has 13 heavy (non-hydrogen) atoms. The Labute approximate surface area is 85.8 Å². The largest absolute Gasteiger partial charge is 0.469 e. The summed E-state index contributed by atoms with van der Waals surface area (Å²) in [6.45, 7) is 2.48. The molecule has 4 heteroatoms. The molecule has 0 fully saturated rings. The summed E-state index contributed by atoms with van der Waals surface area (Å²) >= 11 is 3.28. The minimum Gasteiger partial charge on any atom is -0.469 e. The van der Waals surface area contributed by atoms with E-state index in [0.29, 0.717) is 17.9 Å². The summed E-state index contributed by atoms with van der Waals surface area (Å²) in [6.07, 6.45) is 1.53. The van der Waals surface area contributed by atoms with E-state index in [1.54, 1.807) is 24.9 Å². The van der Waals surface area contributed by atoms with Gasteiger partial charge in [-0.05, 0) is 13.0 Å². The van der Waals surface area contributed by atoms with Gasteiger partial charge in [-0.15, -0.1) is 0 Å². The summed E-state index contributed by atoms with van der Waals surface area (Å²) in [5.74, 6) is 0.678. The molecule has 0 atom stereocenters. The predicted molar refractivity (Wildman–Crippen MR) is 54.2 cm³/mol. The van der Waals surface area contributed by atoms with E-state index in [1.165, 1.54) is 6.26 Å². The van der Waals surface area contributed by atoms with Crippen molar-refractivity contribution in [2.75, 3.05) is 18.9 Å². The fourth-order valence-electron chi connectivity index (χ4n) is 1.04. The second kappa shape index (κ2) is 4.46. The Morgan fingerprint density at radius 2 is 2.38 bits per heavy atom. The lowest BCUT2D eigenvalue weighted by atomic mass is 10.2. The molecule has 0 bridgehead atoms. The summed E-state index contributed by atoms with van der Waals surface area (Å²) in [7, 11) is 1.77. The van der Waals surface area contributed by atoms with E-state index in [1.807, 2.05) is 0 Å². The SMILES string of the molecule is Cc1occc1C(=O)N(C)CCBr. The smallest absolute Gasteiger partial charge is 0.257 e. The molecule has 72 valence electrons. The van der Waals surface area contributed by atoms with Crippen molar-refractivity contribution in [3.8, 4) is 0 Å². The molecule has 0 radical (unpaired) electrons. The first kappa shape index (κ1) is 10.3. The molecule has 0 aliphatic carbocycles. The van der Waals surface area contributed by atoms with Gasteiger partial charge >= 0.3 is 0 Å². The average molecular weight is 246 g/mol. The number of halogens is 1. The van der Waals surface area contributed by atoms with Crippen LogP contribution in [0.5, 0.6) is 0 Å². The third kappa shape index (κ3) is 2.34. The number of rotatable bonds is 3. The van der Waals surface area contributed by atoms with Crippen LogP contribution in [0.4, 0.5) is 0 Å². The second-order valence-electron chi connectivity index (χ2n) is 2.81. The molecule has 1 aromatic rings. The van der Waals surface area contributed by atoms with Gasteiger partial charge in [0.1, 0.15) is 5.76 Å². The standard InChI is InChI=1S/C9H12BrNO2/c1-7-8(3-6-13-7)9(12)11(2)5-4-10/h3,6H,4-5H2,1-2H3. The molecule has 3 nitrogen and oxygen atoms in total. The summed E-state index contributed by atoms with van der Waals surface area (Å²) in [4.78, 5) is 13.3. The van der Waals surface area contributed by atoms with Gasteiger partial charge in [0.15, 0.2) is 0 Å². The molecule has 0 unspecified atom stereocenters. The summed E-state index contributed by atoms with van der Waals surface area (Å²) < 4.78 is 5.05. The lowest BCUT2D eigenvalue weighted by Crippen LogP contribution is -2.28. The van der Waals surface area contributed by atoms with E-state index < -0.39 is 0 Å². The number of amides is 1. The van der Waals surface area contributed by atoms with Gasteiger partial charge < -0.3 is 9.32 Å². The quantitative estimate of drug-likeness (QED) is 0.765. The van der Waals surface area contributed by atoms with E-state index in [-0.39, 0.29) is 5.91 Å². The molecular formula is C9H12BrNO2. The molecule has 0 saturated carbocycles. The van der Waals surface area contributed by atoms with E-state index in [2.05, 4.69) is 15.9 Å². The predicted octanol–water partition coefficient (Wildman–Crippen LogP) is 2.05. The van der Waals surface area contributed by atoms with Crippen LogP contribution < -0.4 is 0 Å². The Balaban J connectivity index is 2.73. The van der Waals surface area contributed by atoms with Crippen LogP contribution in [0.15, 0.2) is 16.7 Å². The highest BCUT2D eigenvalue weighted by Crippen LogP contribution is 2.10. The number of carbonyl (C=O) groups is 1. The summed E-state index contributed by atoms with van der Waals surface area (Å²) in [5.41, 5.74) is 0.642. The average Bonchev–Trinajstić information content (AvgIpc) is 2.50. The Kier molecular flexibility index (Phi) is 3.54. The third-order valence-corrected chi connectivity index (χ3v) is 2.21. The van der Waals surface area contributed by atoms with Crippen molar-refractivity contribution in [2.45, 2.75) is 6.92 Å². The zero-order chi connectivity index (χ0) is 9.84. The molecule has 1 rings (SSSR count). The van der Waals surface area contributed by atoms with Crippen LogP contribution in [0.2, 0.25) is 0 Å². The molecule has 0 aromatic carbocycles. The van der Waals surface area contributed by atoms with Gasteiger partial charge in [-0.3, -0.25) is 4.79 Å². The lowest BCUT2D eigenvalue weighted by Gasteiger charge is -2.14. The number of carbonyl (C=O) groups excluding carboxylic acids is 1. The summed E-state index contributed by atoms with van der Waals surface area (Å²) in [5, 5.41) is 0.784. The maximum absolute atomic E-state index is 11.7. The van der Waals surface area contributed by atoms with Crippen LogP contribution >= 0.6 is 15.9 Å². The zero-order valence-corrected chi connectivity index (χ0v) is 9.30. The van der Waals surface area contributed by atoms with Crippen molar-refractivity contribution in [2.24, 2.45) is 0 Å². The highest BCUT2D eigenvalue weighted by atomic mass is 79.9. The number of furan rings is 1. The highest BCUT2D eigenvalue weighted by Gasteiger charge is 2.14. The number of aryl methyl sites for hydroxylation is 1. The molecule has 0 aliphatic rings. The molecule has 1 aromatic heterocycles. The Morgan fingerprint density at radius 3 is 2.85 bits per heavy atom. The Bertz CT molecular complexity index is 296. The molecule has 1 amide bonds. The van der Waals surface area contributed by atoms with Gasteiger partial charge in [0.05, 0.1) is 11.8 Å². The van der Waals surface area contributed by atoms with Crippen molar-refractivity contribution >= 4 is 21.8 Å². The number of hydrogen-bond donors (Lipinski definition) is 0. The fraction of sp³-hybridized carbons (Fsp3) is 0.444. The van der Waals surface area contributed by atoms with Crippen molar-refractivity contribution in [1.29, 1.82) is 0 Å². The highest BCUT2D eigenvalue weighted by molar-refractivity contribution is 9.09. The van der Waals surface area contributed by atoms with E-state index >= 15 is 0 Å². The number of alkyl halides is 1. The Morgan fingerprint density at radius 1 is 1.69 bits per heavy atom. The monoisotopic (exact) mass is 245 g/mol.